The predicted octanol–water partition coefficient (Wildman–Crippen LogP) is 1.85. The summed E-state index contributed by atoms with van der Waals surface area (Å²) in [5.41, 5.74) is 0.943. The second-order valence-corrected chi connectivity index (χ2v) is 3.36. The van der Waals surface area contributed by atoms with Crippen LogP contribution in [0.1, 0.15) is 5.56 Å². The van der Waals surface area contributed by atoms with Gasteiger partial charge in [-0.15, -0.1) is 0 Å². The molecule has 2 rings (SSSR count). The molecule has 0 saturated carbocycles. The molecule has 0 N–H and O–H groups in total. The molecule has 1 aromatic rings. The monoisotopic (exact) mass is 184 g/mol. The maximum atomic E-state index is 12.5. The highest BCUT2D eigenvalue weighted by Gasteiger charge is 2.44. The Morgan fingerprint density at radius 3 is 2.69 bits per heavy atom. The minimum Gasteiger partial charge on any atom is -0.344 e. The lowest BCUT2D eigenvalue weighted by atomic mass is 10.1. The number of aryl methyl sites for hydroxylation is 1. The highest BCUT2D eigenvalue weighted by Crippen LogP contribution is 2.31. The number of hydrogen-bond acceptors (Lipinski definition) is 2. The number of halogens is 2. The van der Waals surface area contributed by atoms with Gasteiger partial charge in [0.15, 0.2) is 0 Å². The summed E-state index contributed by atoms with van der Waals surface area (Å²) in [5.74, 6) is -1.85. The zero-order valence-corrected chi connectivity index (χ0v) is 7.30. The van der Waals surface area contributed by atoms with Gasteiger partial charge in [0.1, 0.15) is 5.82 Å². The fraction of sp³-hybridized carbons (Fsp3) is 0.444. The van der Waals surface area contributed by atoms with Crippen molar-refractivity contribution in [1.82, 2.24) is 4.98 Å². The molecule has 4 heteroatoms. The second kappa shape index (κ2) is 2.65. The highest BCUT2D eigenvalue weighted by atomic mass is 19.3. The second-order valence-electron chi connectivity index (χ2n) is 3.36. The first-order valence-electron chi connectivity index (χ1n) is 4.13. The Kier molecular flexibility index (Phi) is 1.71. The Morgan fingerprint density at radius 1 is 1.46 bits per heavy atom. The third kappa shape index (κ3) is 1.48. The maximum absolute atomic E-state index is 12.5. The fourth-order valence-corrected chi connectivity index (χ4v) is 1.47. The molecule has 1 saturated heterocycles. The van der Waals surface area contributed by atoms with Crippen LogP contribution in [0, 0.1) is 6.92 Å². The molecule has 0 amide bonds. The molecular formula is C9H10F2N2. The smallest absolute Gasteiger partial charge is 0.282 e. The number of aromatic nitrogens is 1. The van der Waals surface area contributed by atoms with Gasteiger partial charge in [-0.1, -0.05) is 6.07 Å². The summed E-state index contributed by atoms with van der Waals surface area (Å²) in [6.07, 6.45) is 1.62. The van der Waals surface area contributed by atoms with Crippen LogP contribution in [0.25, 0.3) is 0 Å². The summed E-state index contributed by atoms with van der Waals surface area (Å²) < 4.78 is 25.1. The number of hydrogen-bond donors (Lipinski definition) is 0. The van der Waals surface area contributed by atoms with E-state index in [1.807, 2.05) is 13.0 Å². The molecule has 0 spiro atoms. The van der Waals surface area contributed by atoms with E-state index in [-0.39, 0.29) is 13.1 Å². The summed E-state index contributed by atoms with van der Waals surface area (Å²) in [6.45, 7) is 1.47. The Morgan fingerprint density at radius 2 is 2.15 bits per heavy atom. The van der Waals surface area contributed by atoms with Crippen molar-refractivity contribution >= 4 is 5.82 Å². The molecule has 1 aromatic heterocycles. The van der Waals surface area contributed by atoms with Crippen molar-refractivity contribution in [1.29, 1.82) is 0 Å². The van der Waals surface area contributed by atoms with Crippen LogP contribution in [0.15, 0.2) is 18.3 Å². The molecule has 0 radical (unpaired) electrons. The van der Waals surface area contributed by atoms with Crippen molar-refractivity contribution in [3.63, 3.8) is 0 Å². The van der Waals surface area contributed by atoms with E-state index in [2.05, 4.69) is 4.98 Å². The SMILES string of the molecule is Cc1cccnc1N1CC(F)(F)C1. The average Bonchev–Trinajstić information content (AvgIpc) is 2.01. The summed E-state index contributed by atoms with van der Waals surface area (Å²) in [7, 11) is 0. The molecule has 0 aromatic carbocycles. The van der Waals surface area contributed by atoms with E-state index in [1.54, 1.807) is 17.2 Å². The van der Waals surface area contributed by atoms with Crippen molar-refractivity contribution < 1.29 is 8.78 Å². The summed E-state index contributed by atoms with van der Waals surface area (Å²) in [4.78, 5) is 5.65. The summed E-state index contributed by atoms with van der Waals surface area (Å²) >= 11 is 0. The number of pyridine rings is 1. The van der Waals surface area contributed by atoms with E-state index in [0.29, 0.717) is 5.82 Å². The molecule has 2 heterocycles. The quantitative estimate of drug-likeness (QED) is 0.662. The molecule has 0 atom stereocenters. The summed E-state index contributed by atoms with van der Waals surface area (Å²) in [5, 5.41) is 0. The van der Waals surface area contributed by atoms with Crippen LogP contribution in [0.4, 0.5) is 14.6 Å². The van der Waals surface area contributed by atoms with Crippen molar-refractivity contribution in [2.45, 2.75) is 12.8 Å². The average molecular weight is 184 g/mol. The molecule has 1 aliphatic rings. The zero-order valence-electron chi connectivity index (χ0n) is 7.30. The number of rotatable bonds is 1. The van der Waals surface area contributed by atoms with Crippen molar-refractivity contribution in [2.24, 2.45) is 0 Å². The summed E-state index contributed by atoms with van der Waals surface area (Å²) in [6, 6.07) is 3.68. The van der Waals surface area contributed by atoms with Crippen LogP contribution < -0.4 is 4.90 Å². The molecule has 2 nitrogen and oxygen atoms in total. The van der Waals surface area contributed by atoms with E-state index in [0.717, 1.165) is 5.56 Å². The first kappa shape index (κ1) is 8.41. The Bertz CT molecular complexity index is 317. The van der Waals surface area contributed by atoms with Gasteiger partial charge in [0.25, 0.3) is 5.92 Å². The van der Waals surface area contributed by atoms with Crippen LogP contribution in [0.2, 0.25) is 0 Å². The Hall–Kier alpha value is -1.19. The molecule has 0 aliphatic carbocycles. The molecule has 70 valence electrons. The number of alkyl halides is 2. The first-order valence-corrected chi connectivity index (χ1v) is 4.13. The molecular weight excluding hydrogens is 174 g/mol. The lowest BCUT2D eigenvalue weighted by molar-refractivity contribution is -0.0267. The van der Waals surface area contributed by atoms with Crippen LogP contribution in [-0.2, 0) is 0 Å². The van der Waals surface area contributed by atoms with Crippen LogP contribution >= 0.6 is 0 Å². The normalized spacial score (nSPS) is 19.8. The van der Waals surface area contributed by atoms with Gasteiger partial charge in [-0.05, 0) is 18.6 Å². The van der Waals surface area contributed by atoms with Gasteiger partial charge in [-0.2, -0.15) is 0 Å². The molecule has 1 fully saturated rings. The predicted molar refractivity (Wildman–Crippen MR) is 46.1 cm³/mol. The minimum absolute atomic E-state index is 0.204. The van der Waals surface area contributed by atoms with Crippen LogP contribution in [-0.4, -0.2) is 24.0 Å². The van der Waals surface area contributed by atoms with Gasteiger partial charge in [0, 0.05) is 6.20 Å². The van der Waals surface area contributed by atoms with Crippen LogP contribution in [0.3, 0.4) is 0 Å². The molecule has 0 unspecified atom stereocenters. The van der Waals surface area contributed by atoms with E-state index >= 15 is 0 Å². The number of nitrogens with zero attached hydrogens (tertiary/aromatic N) is 2. The molecule has 0 bridgehead atoms. The lowest BCUT2D eigenvalue weighted by Gasteiger charge is -2.40. The standard InChI is InChI=1S/C9H10F2N2/c1-7-3-2-4-12-8(7)13-5-9(10,11)6-13/h2-4H,5-6H2,1H3. The Balaban J connectivity index is 2.16. The number of anilines is 1. The minimum atomic E-state index is -2.52. The van der Waals surface area contributed by atoms with Gasteiger partial charge < -0.3 is 4.90 Å². The first-order chi connectivity index (χ1) is 6.08. The van der Waals surface area contributed by atoms with Gasteiger partial charge in [-0.25, -0.2) is 13.8 Å². The molecule has 13 heavy (non-hydrogen) atoms. The van der Waals surface area contributed by atoms with Gasteiger partial charge in [0.05, 0.1) is 13.1 Å². The third-order valence-corrected chi connectivity index (χ3v) is 2.13. The van der Waals surface area contributed by atoms with E-state index < -0.39 is 5.92 Å². The van der Waals surface area contributed by atoms with Crippen LogP contribution in [0.5, 0.6) is 0 Å². The zero-order chi connectivity index (χ0) is 9.47. The van der Waals surface area contributed by atoms with E-state index in [4.69, 9.17) is 0 Å². The van der Waals surface area contributed by atoms with Crippen molar-refractivity contribution in [3.8, 4) is 0 Å². The highest BCUT2D eigenvalue weighted by molar-refractivity contribution is 5.49. The van der Waals surface area contributed by atoms with E-state index in [9.17, 15) is 8.78 Å². The van der Waals surface area contributed by atoms with Gasteiger partial charge in [0.2, 0.25) is 0 Å². The van der Waals surface area contributed by atoms with E-state index in [1.165, 1.54) is 0 Å². The van der Waals surface area contributed by atoms with Gasteiger partial charge >= 0.3 is 0 Å². The maximum Gasteiger partial charge on any atom is 0.282 e. The Labute approximate surface area is 75.2 Å². The van der Waals surface area contributed by atoms with Crippen molar-refractivity contribution in [2.75, 3.05) is 18.0 Å². The van der Waals surface area contributed by atoms with Crippen molar-refractivity contribution in [3.05, 3.63) is 23.9 Å². The molecule has 1 aliphatic heterocycles. The fourth-order valence-electron chi connectivity index (χ4n) is 1.47. The lowest BCUT2D eigenvalue weighted by Crippen LogP contribution is -2.56. The third-order valence-electron chi connectivity index (χ3n) is 2.13. The van der Waals surface area contributed by atoms with Gasteiger partial charge in [-0.3, -0.25) is 0 Å². The largest absolute Gasteiger partial charge is 0.344 e. The topological polar surface area (TPSA) is 16.1 Å².